The molecule has 0 amide bonds. The molecule has 0 aliphatic rings. The molecule has 0 bridgehead atoms. The average molecular weight is 320 g/mol. The van der Waals surface area contributed by atoms with Crippen molar-refractivity contribution in [1.82, 2.24) is 4.98 Å². The van der Waals surface area contributed by atoms with Gasteiger partial charge in [-0.25, -0.2) is 4.79 Å². The largest absolute Gasteiger partial charge is 0.462 e. The van der Waals surface area contributed by atoms with Crippen LogP contribution in [0.1, 0.15) is 28.4 Å². The molecule has 1 heterocycles. The van der Waals surface area contributed by atoms with Crippen LogP contribution in [0, 0.1) is 13.8 Å². The smallest absolute Gasteiger partial charge is 0.338 e. The highest BCUT2D eigenvalue weighted by Gasteiger charge is 2.09. The van der Waals surface area contributed by atoms with Gasteiger partial charge in [0.05, 0.1) is 17.7 Å². The monoisotopic (exact) mass is 320 g/mol. The number of pyridine rings is 1. The summed E-state index contributed by atoms with van der Waals surface area (Å²) in [6.07, 6.45) is 1.79. The maximum atomic E-state index is 11.9. The summed E-state index contributed by atoms with van der Waals surface area (Å²) in [5, 5.41) is 4.48. The highest BCUT2D eigenvalue weighted by atomic mass is 16.5. The second-order valence-corrected chi connectivity index (χ2v) is 5.76. The van der Waals surface area contributed by atoms with Crippen LogP contribution in [-0.2, 0) is 4.74 Å². The van der Waals surface area contributed by atoms with Crippen molar-refractivity contribution in [2.75, 3.05) is 11.9 Å². The molecule has 0 unspecified atom stereocenters. The second-order valence-electron chi connectivity index (χ2n) is 5.76. The standard InChI is InChI=1S/C20H20N2O2/c1-4-24-20(23)15-6-5-7-16(12-15)22-17-8-9-21-18-11-13(2)10-14(3)19(17)18/h5-12H,4H2,1-3H3,(H,21,22). The topological polar surface area (TPSA) is 51.2 Å². The number of rotatable bonds is 4. The number of nitrogens with one attached hydrogen (secondary N) is 1. The van der Waals surface area contributed by atoms with E-state index in [-0.39, 0.29) is 5.97 Å². The van der Waals surface area contributed by atoms with E-state index in [9.17, 15) is 4.79 Å². The van der Waals surface area contributed by atoms with Gasteiger partial charge in [0.2, 0.25) is 0 Å². The molecule has 3 aromatic rings. The Bertz CT molecular complexity index is 903. The van der Waals surface area contributed by atoms with E-state index in [4.69, 9.17) is 4.74 Å². The lowest BCUT2D eigenvalue weighted by Crippen LogP contribution is -2.05. The van der Waals surface area contributed by atoms with E-state index in [1.165, 1.54) is 11.1 Å². The number of carbonyl (C=O) groups excluding carboxylic acids is 1. The van der Waals surface area contributed by atoms with Gasteiger partial charge >= 0.3 is 5.97 Å². The number of ether oxygens (including phenoxy) is 1. The molecule has 1 N–H and O–H groups in total. The predicted molar refractivity (Wildman–Crippen MR) is 96.9 cm³/mol. The van der Waals surface area contributed by atoms with Gasteiger partial charge in [-0.3, -0.25) is 4.98 Å². The van der Waals surface area contributed by atoms with Crippen LogP contribution < -0.4 is 5.32 Å². The molecule has 122 valence electrons. The zero-order valence-electron chi connectivity index (χ0n) is 14.1. The van der Waals surface area contributed by atoms with Crippen LogP contribution >= 0.6 is 0 Å². The van der Waals surface area contributed by atoms with Gasteiger partial charge in [0, 0.05) is 23.0 Å². The Morgan fingerprint density at radius 3 is 2.79 bits per heavy atom. The number of esters is 1. The summed E-state index contributed by atoms with van der Waals surface area (Å²) in [7, 11) is 0. The van der Waals surface area contributed by atoms with Crippen LogP contribution in [-0.4, -0.2) is 17.6 Å². The van der Waals surface area contributed by atoms with Crippen molar-refractivity contribution in [3.8, 4) is 0 Å². The Morgan fingerprint density at radius 2 is 2.00 bits per heavy atom. The molecule has 3 rings (SSSR count). The zero-order chi connectivity index (χ0) is 17.1. The fourth-order valence-electron chi connectivity index (χ4n) is 2.87. The van der Waals surface area contributed by atoms with Gasteiger partial charge in [-0.05, 0) is 62.2 Å². The molecule has 0 aliphatic heterocycles. The summed E-state index contributed by atoms with van der Waals surface area (Å²) in [6, 6.07) is 13.5. The van der Waals surface area contributed by atoms with Crippen molar-refractivity contribution in [2.24, 2.45) is 0 Å². The van der Waals surface area contributed by atoms with Crippen molar-refractivity contribution in [3.63, 3.8) is 0 Å². The molecule has 4 heteroatoms. The summed E-state index contributed by atoms with van der Waals surface area (Å²) in [5.41, 5.74) is 5.66. The fraction of sp³-hybridized carbons (Fsp3) is 0.200. The number of hydrogen-bond acceptors (Lipinski definition) is 4. The van der Waals surface area contributed by atoms with E-state index in [2.05, 4.69) is 36.3 Å². The first kappa shape index (κ1) is 16.0. The Kier molecular flexibility index (Phi) is 4.47. The Morgan fingerprint density at radius 1 is 1.17 bits per heavy atom. The molecule has 0 saturated carbocycles. The normalized spacial score (nSPS) is 10.6. The molecular formula is C20H20N2O2. The van der Waals surface area contributed by atoms with E-state index < -0.39 is 0 Å². The van der Waals surface area contributed by atoms with Crippen molar-refractivity contribution < 1.29 is 9.53 Å². The quantitative estimate of drug-likeness (QED) is 0.703. The minimum atomic E-state index is -0.312. The van der Waals surface area contributed by atoms with Crippen LogP contribution in [0.2, 0.25) is 0 Å². The highest BCUT2D eigenvalue weighted by molar-refractivity contribution is 5.96. The third kappa shape index (κ3) is 3.23. The Hall–Kier alpha value is -2.88. The lowest BCUT2D eigenvalue weighted by Gasteiger charge is -2.13. The SMILES string of the molecule is CCOC(=O)c1cccc(Nc2ccnc3cc(C)cc(C)c23)c1. The van der Waals surface area contributed by atoms with Crippen LogP contribution in [0.5, 0.6) is 0 Å². The van der Waals surface area contributed by atoms with Crippen molar-refractivity contribution in [2.45, 2.75) is 20.8 Å². The summed E-state index contributed by atoms with van der Waals surface area (Å²) in [6.45, 7) is 6.31. The summed E-state index contributed by atoms with van der Waals surface area (Å²) in [5.74, 6) is -0.312. The first-order valence-corrected chi connectivity index (χ1v) is 7.98. The lowest BCUT2D eigenvalue weighted by atomic mass is 10.0. The summed E-state index contributed by atoms with van der Waals surface area (Å²) >= 11 is 0. The molecule has 0 atom stereocenters. The molecule has 4 nitrogen and oxygen atoms in total. The third-order valence-corrected chi connectivity index (χ3v) is 3.84. The van der Waals surface area contributed by atoms with Gasteiger partial charge in [-0.2, -0.15) is 0 Å². The molecule has 0 spiro atoms. The van der Waals surface area contributed by atoms with Crippen molar-refractivity contribution >= 4 is 28.2 Å². The Labute approximate surface area is 141 Å². The summed E-state index contributed by atoms with van der Waals surface area (Å²) in [4.78, 5) is 16.4. The molecule has 0 radical (unpaired) electrons. The van der Waals surface area contributed by atoms with Gasteiger partial charge in [0.25, 0.3) is 0 Å². The van der Waals surface area contributed by atoms with E-state index in [0.717, 1.165) is 22.3 Å². The van der Waals surface area contributed by atoms with Gasteiger partial charge in [-0.1, -0.05) is 12.1 Å². The number of aromatic nitrogens is 1. The van der Waals surface area contributed by atoms with E-state index in [1.54, 1.807) is 25.3 Å². The van der Waals surface area contributed by atoms with E-state index >= 15 is 0 Å². The first-order valence-electron chi connectivity index (χ1n) is 7.98. The van der Waals surface area contributed by atoms with Crippen LogP contribution in [0.25, 0.3) is 10.9 Å². The van der Waals surface area contributed by atoms with Crippen LogP contribution in [0.15, 0.2) is 48.7 Å². The number of aryl methyl sites for hydroxylation is 2. The van der Waals surface area contributed by atoms with Gasteiger partial charge in [0.1, 0.15) is 0 Å². The minimum absolute atomic E-state index is 0.312. The average Bonchev–Trinajstić information content (AvgIpc) is 2.55. The maximum Gasteiger partial charge on any atom is 0.338 e. The van der Waals surface area contributed by atoms with E-state index in [1.807, 2.05) is 18.2 Å². The van der Waals surface area contributed by atoms with Gasteiger partial charge < -0.3 is 10.1 Å². The number of fused-ring (bicyclic) bond motifs is 1. The first-order chi connectivity index (χ1) is 11.6. The van der Waals surface area contributed by atoms with Crippen molar-refractivity contribution in [1.29, 1.82) is 0 Å². The van der Waals surface area contributed by atoms with E-state index in [0.29, 0.717) is 12.2 Å². The lowest BCUT2D eigenvalue weighted by molar-refractivity contribution is 0.0526. The fourth-order valence-corrected chi connectivity index (χ4v) is 2.87. The number of hydrogen-bond donors (Lipinski definition) is 1. The number of anilines is 2. The molecule has 0 aliphatic carbocycles. The number of nitrogens with zero attached hydrogens (tertiary/aromatic N) is 1. The molecule has 0 saturated heterocycles. The third-order valence-electron chi connectivity index (χ3n) is 3.84. The predicted octanol–water partition coefficient (Wildman–Crippen LogP) is 4.77. The second kappa shape index (κ2) is 6.71. The van der Waals surface area contributed by atoms with Crippen LogP contribution in [0.3, 0.4) is 0 Å². The Balaban J connectivity index is 1.99. The van der Waals surface area contributed by atoms with Crippen LogP contribution in [0.4, 0.5) is 11.4 Å². The summed E-state index contributed by atoms with van der Waals surface area (Å²) < 4.78 is 5.06. The van der Waals surface area contributed by atoms with Gasteiger partial charge in [0.15, 0.2) is 0 Å². The van der Waals surface area contributed by atoms with Crippen molar-refractivity contribution in [3.05, 3.63) is 65.4 Å². The molecule has 1 aromatic heterocycles. The molecule has 2 aromatic carbocycles. The molecular weight excluding hydrogens is 300 g/mol. The zero-order valence-corrected chi connectivity index (χ0v) is 14.1. The number of benzene rings is 2. The highest BCUT2D eigenvalue weighted by Crippen LogP contribution is 2.29. The minimum Gasteiger partial charge on any atom is -0.462 e. The molecule has 0 fully saturated rings. The number of carbonyl (C=O) groups is 1. The van der Waals surface area contributed by atoms with Gasteiger partial charge in [-0.15, -0.1) is 0 Å². The molecule has 24 heavy (non-hydrogen) atoms. The maximum absolute atomic E-state index is 11.9.